The molecule has 0 atom stereocenters. The van der Waals surface area contributed by atoms with Gasteiger partial charge in [-0.05, 0) is 57.9 Å². The van der Waals surface area contributed by atoms with E-state index < -0.39 is 0 Å². The number of urea groups is 1. The normalized spacial score (nSPS) is 15.7. The minimum atomic E-state index is -0.0249. The number of methoxy groups -OCH3 is 1. The predicted molar refractivity (Wildman–Crippen MR) is 93.2 cm³/mol. The Balaban J connectivity index is 1.72. The lowest BCUT2D eigenvalue weighted by Crippen LogP contribution is -2.50. The Bertz CT molecular complexity index is 482. The first-order chi connectivity index (χ1) is 11.1. The molecule has 0 spiro atoms. The van der Waals surface area contributed by atoms with Crippen LogP contribution in [0, 0.1) is 0 Å². The van der Waals surface area contributed by atoms with Crippen LogP contribution in [0.2, 0.25) is 0 Å². The van der Waals surface area contributed by atoms with Crippen molar-refractivity contribution in [2.75, 3.05) is 65.8 Å². The molecule has 0 radical (unpaired) electrons. The topological polar surface area (TPSA) is 48.1 Å². The van der Waals surface area contributed by atoms with Crippen molar-refractivity contribution in [2.45, 2.75) is 6.42 Å². The number of nitrogens with one attached hydrogen (secondary N) is 1. The molecule has 0 aliphatic carbocycles. The van der Waals surface area contributed by atoms with Crippen molar-refractivity contribution in [3.63, 3.8) is 0 Å². The smallest absolute Gasteiger partial charge is 0.321 e. The van der Waals surface area contributed by atoms with Crippen LogP contribution < -0.4 is 10.1 Å². The first-order valence-electron chi connectivity index (χ1n) is 8.15. The van der Waals surface area contributed by atoms with Crippen LogP contribution in [0.4, 0.5) is 10.5 Å². The largest absolute Gasteiger partial charge is 0.497 e. The van der Waals surface area contributed by atoms with Crippen LogP contribution >= 0.6 is 0 Å². The van der Waals surface area contributed by atoms with Gasteiger partial charge in [0.25, 0.3) is 0 Å². The second kappa shape index (κ2) is 8.74. The van der Waals surface area contributed by atoms with Gasteiger partial charge < -0.3 is 19.9 Å². The summed E-state index contributed by atoms with van der Waals surface area (Å²) >= 11 is 0. The van der Waals surface area contributed by atoms with Crippen molar-refractivity contribution in [2.24, 2.45) is 0 Å². The third-order valence-electron chi connectivity index (χ3n) is 4.08. The van der Waals surface area contributed by atoms with Crippen LogP contribution in [0.25, 0.3) is 0 Å². The zero-order valence-electron chi connectivity index (χ0n) is 14.4. The zero-order valence-corrected chi connectivity index (χ0v) is 14.4. The maximum atomic E-state index is 12.3. The number of nitrogens with zero attached hydrogens (tertiary/aromatic N) is 3. The summed E-state index contributed by atoms with van der Waals surface area (Å²) in [6, 6.07) is 7.38. The van der Waals surface area contributed by atoms with E-state index in [2.05, 4.69) is 29.2 Å². The molecule has 1 fully saturated rings. The van der Waals surface area contributed by atoms with E-state index in [9.17, 15) is 4.79 Å². The van der Waals surface area contributed by atoms with Gasteiger partial charge in [-0.25, -0.2) is 4.79 Å². The molecule has 2 amide bonds. The van der Waals surface area contributed by atoms with Gasteiger partial charge in [0.2, 0.25) is 0 Å². The Hall–Kier alpha value is -1.79. The number of carbonyl (C=O) groups excluding carboxylic acids is 1. The minimum absolute atomic E-state index is 0.0249. The van der Waals surface area contributed by atoms with Crippen molar-refractivity contribution >= 4 is 11.7 Å². The fourth-order valence-electron chi connectivity index (χ4n) is 2.66. The second-order valence-electron chi connectivity index (χ2n) is 6.14. The summed E-state index contributed by atoms with van der Waals surface area (Å²) in [7, 11) is 5.83. The summed E-state index contributed by atoms with van der Waals surface area (Å²) in [6.07, 6.45) is 1.17. The van der Waals surface area contributed by atoms with Gasteiger partial charge in [-0.1, -0.05) is 0 Å². The van der Waals surface area contributed by atoms with Crippen molar-refractivity contribution in [3.8, 4) is 5.75 Å². The van der Waals surface area contributed by atoms with E-state index in [-0.39, 0.29) is 6.03 Å². The Morgan fingerprint density at radius 2 is 1.83 bits per heavy atom. The molecule has 1 aromatic carbocycles. The van der Waals surface area contributed by atoms with Gasteiger partial charge in [0.15, 0.2) is 0 Å². The van der Waals surface area contributed by atoms with Gasteiger partial charge >= 0.3 is 6.03 Å². The summed E-state index contributed by atoms with van der Waals surface area (Å²) in [6.45, 7) is 5.67. The number of rotatable bonds is 6. The molecule has 0 bridgehead atoms. The number of piperazine rings is 1. The fraction of sp³-hybridized carbons (Fsp3) is 0.588. The standard InChI is InChI=1S/C17H28N4O2/c1-19(2)9-4-10-20-11-13-21(14-12-20)17(22)18-15-5-7-16(23-3)8-6-15/h5-8H,4,9-14H2,1-3H3,(H,18,22). The SMILES string of the molecule is COc1ccc(NC(=O)N2CCN(CCCN(C)C)CC2)cc1. The Morgan fingerprint density at radius 1 is 1.17 bits per heavy atom. The molecule has 1 aromatic rings. The Labute approximate surface area is 139 Å². The molecule has 6 nitrogen and oxygen atoms in total. The lowest BCUT2D eigenvalue weighted by Gasteiger charge is -2.34. The number of amides is 2. The molecule has 0 saturated carbocycles. The number of ether oxygens (including phenoxy) is 1. The molecule has 6 heteroatoms. The summed E-state index contributed by atoms with van der Waals surface area (Å²) in [4.78, 5) is 18.8. The van der Waals surface area contributed by atoms with Crippen LogP contribution in [-0.4, -0.2) is 81.2 Å². The van der Waals surface area contributed by atoms with Gasteiger partial charge in [0.05, 0.1) is 7.11 Å². The Morgan fingerprint density at radius 3 is 2.39 bits per heavy atom. The van der Waals surface area contributed by atoms with Crippen molar-refractivity contribution < 1.29 is 9.53 Å². The van der Waals surface area contributed by atoms with Crippen molar-refractivity contribution in [1.29, 1.82) is 0 Å². The van der Waals surface area contributed by atoms with E-state index in [1.54, 1.807) is 7.11 Å². The van der Waals surface area contributed by atoms with Gasteiger partial charge in [-0.15, -0.1) is 0 Å². The highest BCUT2D eigenvalue weighted by Gasteiger charge is 2.20. The lowest BCUT2D eigenvalue weighted by molar-refractivity contribution is 0.144. The molecule has 0 unspecified atom stereocenters. The first-order valence-corrected chi connectivity index (χ1v) is 8.15. The highest BCUT2D eigenvalue weighted by Crippen LogP contribution is 2.15. The molecule has 0 aromatic heterocycles. The van der Waals surface area contributed by atoms with E-state index in [0.29, 0.717) is 0 Å². The van der Waals surface area contributed by atoms with Crippen molar-refractivity contribution in [1.82, 2.24) is 14.7 Å². The number of hydrogen-bond donors (Lipinski definition) is 1. The van der Waals surface area contributed by atoms with Gasteiger partial charge in [0.1, 0.15) is 5.75 Å². The van der Waals surface area contributed by atoms with Gasteiger partial charge in [-0.2, -0.15) is 0 Å². The average molecular weight is 320 g/mol. The molecule has 1 N–H and O–H groups in total. The molecule has 1 aliphatic heterocycles. The fourth-order valence-corrected chi connectivity index (χ4v) is 2.66. The number of hydrogen-bond acceptors (Lipinski definition) is 4. The third kappa shape index (κ3) is 5.73. The highest BCUT2D eigenvalue weighted by atomic mass is 16.5. The quantitative estimate of drug-likeness (QED) is 0.868. The highest BCUT2D eigenvalue weighted by molar-refractivity contribution is 5.89. The van der Waals surface area contributed by atoms with E-state index in [1.165, 1.54) is 6.42 Å². The van der Waals surface area contributed by atoms with E-state index in [4.69, 9.17) is 4.74 Å². The second-order valence-corrected chi connectivity index (χ2v) is 6.14. The predicted octanol–water partition coefficient (Wildman–Crippen LogP) is 1.80. The monoisotopic (exact) mass is 320 g/mol. The maximum absolute atomic E-state index is 12.3. The van der Waals surface area contributed by atoms with Gasteiger partial charge in [-0.3, -0.25) is 4.90 Å². The minimum Gasteiger partial charge on any atom is -0.497 e. The van der Waals surface area contributed by atoms with Crippen LogP contribution in [-0.2, 0) is 0 Å². The molecule has 23 heavy (non-hydrogen) atoms. The molecule has 1 aliphatic rings. The van der Waals surface area contributed by atoms with E-state index in [0.717, 1.165) is 50.7 Å². The van der Waals surface area contributed by atoms with Gasteiger partial charge in [0, 0.05) is 31.9 Å². The molecular weight excluding hydrogens is 292 g/mol. The summed E-state index contributed by atoms with van der Waals surface area (Å²) in [5.74, 6) is 0.786. The van der Waals surface area contributed by atoms with Crippen molar-refractivity contribution in [3.05, 3.63) is 24.3 Å². The molecule has 1 saturated heterocycles. The van der Waals surface area contributed by atoms with Crippen LogP contribution in [0.5, 0.6) is 5.75 Å². The molecule has 1 heterocycles. The summed E-state index contributed by atoms with van der Waals surface area (Å²) < 4.78 is 5.12. The summed E-state index contributed by atoms with van der Waals surface area (Å²) in [5.41, 5.74) is 0.796. The Kier molecular flexibility index (Phi) is 6.67. The third-order valence-corrected chi connectivity index (χ3v) is 4.08. The number of carbonyl (C=O) groups is 1. The molecule has 2 rings (SSSR count). The molecular formula is C17H28N4O2. The number of anilines is 1. The van der Waals surface area contributed by atoms with E-state index in [1.807, 2.05) is 29.2 Å². The van der Waals surface area contributed by atoms with Crippen LogP contribution in [0.1, 0.15) is 6.42 Å². The maximum Gasteiger partial charge on any atom is 0.321 e. The molecule has 128 valence electrons. The zero-order chi connectivity index (χ0) is 16.7. The number of benzene rings is 1. The lowest BCUT2D eigenvalue weighted by atomic mass is 10.3. The first kappa shape index (κ1) is 17.6. The van der Waals surface area contributed by atoms with Crippen LogP contribution in [0.15, 0.2) is 24.3 Å². The van der Waals surface area contributed by atoms with E-state index >= 15 is 0 Å². The average Bonchev–Trinajstić information content (AvgIpc) is 2.56. The van der Waals surface area contributed by atoms with Crippen LogP contribution in [0.3, 0.4) is 0 Å². The summed E-state index contributed by atoms with van der Waals surface area (Å²) in [5, 5.41) is 2.94.